The number of rotatable bonds is 10. The Balaban J connectivity index is 1.82. The first-order valence-electron chi connectivity index (χ1n) is 10.6. The molecule has 0 fully saturated rings. The molecule has 3 aromatic carbocycles. The molecule has 0 saturated heterocycles. The Morgan fingerprint density at radius 1 is 0.871 bits per heavy atom. The average molecular weight is 474 g/mol. The van der Waals surface area contributed by atoms with Gasteiger partial charge < -0.3 is 10.0 Å². The van der Waals surface area contributed by atoms with E-state index in [2.05, 4.69) is 55.1 Å². The zero-order chi connectivity index (χ0) is 22.2. The number of halogens is 2. The van der Waals surface area contributed by atoms with Gasteiger partial charge in [-0.05, 0) is 47.5 Å². The highest BCUT2D eigenvalue weighted by atomic mass is 35.5. The summed E-state index contributed by atoms with van der Waals surface area (Å²) in [4.78, 5) is 2.26. The van der Waals surface area contributed by atoms with Gasteiger partial charge in [0.2, 0.25) is 0 Å². The topological polar surface area (TPSA) is 23.5 Å². The first kappa shape index (κ1) is 24.2. The molecule has 0 aliphatic carbocycles. The van der Waals surface area contributed by atoms with Crippen molar-refractivity contribution >= 4 is 35.0 Å². The minimum Gasteiger partial charge on any atom is -0.390 e. The highest BCUT2D eigenvalue weighted by molar-refractivity contribution is 7.98. The summed E-state index contributed by atoms with van der Waals surface area (Å²) in [6, 6.07) is 24.5. The Bertz CT molecular complexity index is 945. The second kappa shape index (κ2) is 11.9. The van der Waals surface area contributed by atoms with Crippen LogP contribution in [0.4, 0.5) is 0 Å². The molecule has 5 heteroatoms. The molecule has 0 aliphatic heterocycles. The molecule has 164 valence electrons. The number of hydrogen-bond donors (Lipinski definition) is 1. The van der Waals surface area contributed by atoms with Gasteiger partial charge in [0.1, 0.15) is 0 Å². The molecule has 3 rings (SSSR count). The Kier molecular flexibility index (Phi) is 9.30. The summed E-state index contributed by atoms with van der Waals surface area (Å²) in [5, 5.41) is 12.4. The number of aliphatic hydroxyl groups excluding tert-OH is 1. The average Bonchev–Trinajstić information content (AvgIpc) is 2.80. The fourth-order valence-electron chi connectivity index (χ4n) is 3.59. The summed E-state index contributed by atoms with van der Waals surface area (Å²) in [6.07, 6.45) is -0.487. The van der Waals surface area contributed by atoms with Crippen molar-refractivity contribution in [1.82, 2.24) is 4.90 Å². The van der Waals surface area contributed by atoms with Crippen molar-refractivity contribution in [3.8, 4) is 11.1 Å². The van der Waals surface area contributed by atoms with Gasteiger partial charge in [0, 0.05) is 22.3 Å². The van der Waals surface area contributed by atoms with Gasteiger partial charge >= 0.3 is 0 Å². The fourth-order valence-corrected chi connectivity index (χ4v) is 5.41. The van der Waals surface area contributed by atoms with E-state index in [-0.39, 0.29) is 5.25 Å². The molecule has 0 saturated carbocycles. The number of benzene rings is 3. The second-order valence-corrected chi connectivity index (χ2v) is 9.48. The van der Waals surface area contributed by atoms with Crippen molar-refractivity contribution < 1.29 is 5.11 Å². The van der Waals surface area contributed by atoms with E-state index in [4.69, 9.17) is 23.2 Å². The Morgan fingerprint density at radius 3 is 2.13 bits per heavy atom. The summed E-state index contributed by atoms with van der Waals surface area (Å²) >= 11 is 14.1. The third-order valence-corrected chi connectivity index (χ3v) is 7.48. The Hall–Kier alpha value is -1.49. The Morgan fingerprint density at radius 2 is 1.52 bits per heavy atom. The molecule has 0 radical (unpaired) electrons. The van der Waals surface area contributed by atoms with Crippen LogP contribution in [0.3, 0.4) is 0 Å². The van der Waals surface area contributed by atoms with E-state index in [1.165, 1.54) is 11.1 Å². The first-order chi connectivity index (χ1) is 15.0. The minimum atomic E-state index is -0.487. The molecule has 31 heavy (non-hydrogen) atoms. The molecule has 1 N–H and O–H groups in total. The van der Waals surface area contributed by atoms with Crippen molar-refractivity contribution in [3.05, 3.63) is 94.0 Å². The maximum Gasteiger partial charge on any atom is 0.0826 e. The monoisotopic (exact) mass is 473 g/mol. The predicted molar refractivity (Wildman–Crippen MR) is 136 cm³/mol. The van der Waals surface area contributed by atoms with E-state index < -0.39 is 6.10 Å². The molecule has 3 aromatic rings. The van der Waals surface area contributed by atoms with Gasteiger partial charge in [-0.1, -0.05) is 97.7 Å². The number of likely N-dealkylation sites (N-methyl/N-ethyl adjacent to an activating group) is 1. The van der Waals surface area contributed by atoms with Crippen LogP contribution >= 0.6 is 35.0 Å². The van der Waals surface area contributed by atoms with Crippen molar-refractivity contribution in [2.45, 2.75) is 31.0 Å². The van der Waals surface area contributed by atoms with E-state index in [9.17, 15) is 5.11 Å². The molecule has 2 atom stereocenters. The Labute approximate surface area is 200 Å². The smallest absolute Gasteiger partial charge is 0.0826 e. The quantitative estimate of drug-likeness (QED) is 0.333. The van der Waals surface area contributed by atoms with Crippen LogP contribution in [0.15, 0.2) is 72.8 Å². The summed E-state index contributed by atoms with van der Waals surface area (Å²) in [5.41, 5.74) is 4.51. The van der Waals surface area contributed by atoms with E-state index in [0.717, 1.165) is 24.2 Å². The van der Waals surface area contributed by atoms with Gasteiger partial charge in [-0.25, -0.2) is 0 Å². The van der Waals surface area contributed by atoms with E-state index in [1.54, 1.807) is 17.8 Å². The highest BCUT2D eigenvalue weighted by Gasteiger charge is 2.24. The van der Waals surface area contributed by atoms with Gasteiger partial charge in [0.05, 0.1) is 11.4 Å². The lowest BCUT2D eigenvalue weighted by Crippen LogP contribution is -2.35. The molecular weight excluding hydrogens is 445 g/mol. The third kappa shape index (κ3) is 6.74. The predicted octanol–water partition coefficient (Wildman–Crippen LogP) is 7.34. The van der Waals surface area contributed by atoms with Crippen molar-refractivity contribution in [2.75, 3.05) is 19.6 Å². The summed E-state index contributed by atoms with van der Waals surface area (Å²) in [5.74, 6) is 0.705. The lowest BCUT2D eigenvalue weighted by molar-refractivity contribution is 0.116. The number of hydrogen-bond acceptors (Lipinski definition) is 3. The minimum absolute atomic E-state index is 0.0582. The maximum atomic E-state index is 11.2. The number of aliphatic hydroxyl groups is 1. The van der Waals surface area contributed by atoms with Gasteiger partial charge in [-0.2, -0.15) is 0 Å². The normalized spacial score (nSPS) is 13.4. The standard InChI is InChI=1S/C26H29Cl2NOS/c1-3-29(4-2)17-25(30)26(31-18-22-14-15-23(27)16-24(22)28)21-12-10-20(11-13-21)19-8-6-5-7-9-19/h5-16,25-26,30H,3-4,17-18H2,1-2H3. The molecule has 0 heterocycles. The SMILES string of the molecule is CCN(CC)CC(O)C(SCc1ccc(Cl)cc1Cl)c1ccc(-c2ccccc2)cc1. The number of nitrogens with zero attached hydrogens (tertiary/aromatic N) is 1. The molecule has 2 unspecified atom stereocenters. The number of thioether (sulfide) groups is 1. The molecule has 0 aromatic heterocycles. The van der Waals surface area contributed by atoms with Crippen LogP contribution in [0.2, 0.25) is 10.0 Å². The zero-order valence-electron chi connectivity index (χ0n) is 18.0. The molecular formula is C26H29Cl2NOS. The van der Waals surface area contributed by atoms with Crippen LogP contribution in [0.5, 0.6) is 0 Å². The van der Waals surface area contributed by atoms with Crippen molar-refractivity contribution in [3.63, 3.8) is 0 Å². The second-order valence-electron chi connectivity index (χ2n) is 7.51. The van der Waals surface area contributed by atoms with Crippen LogP contribution < -0.4 is 0 Å². The molecule has 0 bridgehead atoms. The summed E-state index contributed by atoms with van der Waals surface area (Å²) < 4.78 is 0. The first-order valence-corrected chi connectivity index (χ1v) is 12.4. The lowest BCUT2D eigenvalue weighted by atomic mass is 10.0. The molecule has 2 nitrogen and oxygen atoms in total. The summed E-state index contributed by atoms with van der Waals surface area (Å²) in [6.45, 7) is 6.72. The highest BCUT2D eigenvalue weighted by Crippen LogP contribution is 2.37. The van der Waals surface area contributed by atoms with Crippen LogP contribution in [0, 0.1) is 0 Å². The van der Waals surface area contributed by atoms with Crippen LogP contribution in [-0.4, -0.2) is 35.7 Å². The van der Waals surface area contributed by atoms with Crippen molar-refractivity contribution in [1.29, 1.82) is 0 Å². The van der Waals surface area contributed by atoms with Gasteiger partial charge in [0.15, 0.2) is 0 Å². The van der Waals surface area contributed by atoms with Crippen LogP contribution in [0.1, 0.15) is 30.2 Å². The summed E-state index contributed by atoms with van der Waals surface area (Å²) in [7, 11) is 0. The van der Waals surface area contributed by atoms with Gasteiger partial charge in [0.25, 0.3) is 0 Å². The fraction of sp³-hybridized carbons (Fsp3) is 0.308. The third-order valence-electron chi connectivity index (χ3n) is 5.47. The van der Waals surface area contributed by atoms with Gasteiger partial charge in [-0.3, -0.25) is 0 Å². The molecule has 0 aliphatic rings. The van der Waals surface area contributed by atoms with E-state index >= 15 is 0 Å². The maximum absolute atomic E-state index is 11.2. The van der Waals surface area contributed by atoms with E-state index in [0.29, 0.717) is 22.3 Å². The zero-order valence-corrected chi connectivity index (χ0v) is 20.3. The molecule has 0 amide bonds. The van der Waals surface area contributed by atoms with Gasteiger partial charge in [-0.15, -0.1) is 11.8 Å². The van der Waals surface area contributed by atoms with E-state index in [1.807, 2.05) is 30.3 Å². The molecule has 0 spiro atoms. The van der Waals surface area contributed by atoms with Crippen molar-refractivity contribution in [2.24, 2.45) is 0 Å². The van der Waals surface area contributed by atoms with Crippen LogP contribution in [0.25, 0.3) is 11.1 Å². The largest absolute Gasteiger partial charge is 0.390 e. The van der Waals surface area contributed by atoms with Crippen LogP contribution in [-0.2, 0) is 5.75 Å². The lowest BCUT2D eigenvalue weighted by Gasteiger charge is -2.28.